The van der Waals surface area contributed by atoms with Gasteiger partial charge in [-0.25, -0.2) is 0 Å². The van der Waals surface area contributed by atoms with E-state index in [1.807, 2.05) is 121 Å². The van der Waals surface area contributed by atoms with Gasteiger partial charge in [0.05, 0.1) is 0 Å². The Bertz CT molecular complexity index is 7520. The third kappa shape index (κ3) is 11.0. The predicted octanol–water partition coefficient (Wildman–Crippen LogP) is 23.4. The first kappa shape index (κ1) is 68.0. The summed E-state index contributed by atoms with van der Waals surface area (Å²) in [5.41, 5.74) is 28.0. The maximum atomic E-state index is 6.42. The molecule has 18 aromatic carbocycles. The molecule has 12 heteroatoms. The van der Waals surface area contributed by atoms with Crippen LogP contribution in [0.5, 0.6) is 69.0 Å². The molecular formula is C108H63B3O8S. The molecule has 0 spiro atoms. The number of thiophene rings is 1. The smallest absolute Gasteiger partial charge is 0.260 e. The summed E-state index contributed by atoms with van der Waals surface area (Å²) in [5, 5.41) is 7.20. The molecule has 6 aliphatic heterocycles. The molecule has 0 bridgehead atoms. The predicted molar refractivity (Wildman–Crippen MR) is 492 cm³/mol. The van der Waals surface area contributed by atoms with Gasteiger partial charge in [0.1, 0.15) is 91.3 Å². The van der Waals surface area contributed by atoms with Crippen molar-refractivity contribution in [2.75, 3.05) is 0 Å². The lowest BCUT2D eigenvalue weighted by atomic mass is 9.35. The van der Waals surface area contributed by atoms with Gasteiger partial charge in [0, 0.05) is 63.7 Å². The summed E-state index contributed by atoms with van der Waals surface area (Å²) >= 11 is 1.87. The van der Waals surface area contributed by atoms with Gasteiger partial charge in [-0.1, -0.05) is 261 Å². The van der Waals surface area contributed by atoms with Crippen LogP contribution < -0.4 is 77.6 Å². The minimum Gasteiger partial charge on any atom is -0.458 e. The highest BCUT2D eigenvalue weighted by Crippen LogP contribution is 2.45. The van der Waals surface area contributed by atoms with Gasteiger partial charge < -0.3 is 37.3 Å². The van der Waals surface area contributed by atoms with Gasteiger partial charge in [-0.05, 0) is 215 Å². The Morgan fingerprint density at radius 2 is 0.500 bits per heavy atom. The summed E-state index contributed by atoms with van der Waals surface area (Å²) in [6.07, 6.45) is 0. The Hall–Kier alpha value is -15.2. The van der Waals surface area contributed by atoms with E-state index in [-0.39, 0.29) is 20.1 Å². The number of furan rings is 2. The Morgan fingerprint density at radius 1 is 0.183 bits per heavy atom. The first-order chi connectivity index (χ1) is 59.4. The lowest BCUT2D eigenvalue weighted by Gasteiger charge is -2.33. The van der Waals surface area contributed by atoms with Gasteiger partial charge in [-0.2, -0.15) is 0 Å². The Kier molecular flexibility index (Phi) is 15.4. The van der Waals surface area contributed by atoms with Crippen molar-refractivity contribution in [3.05, 3.63) is 382 Å². The Balaban J connectivity index is 0.0000000997. The molecule has 8 nitrogen and oxygen atoms in total. The third-order valence-electron chi connectivity index (χ3n) is 24.6. The van der Waals surface area contributed by atoms with Crippen molar-refractivity contribution in [2.24, 2.45) is 0 Å². The van der Waals surface area contributed by atoms with E-state index in [2.05, 4.69) is 273 Å². The standard InChI is InChI=1S/2C36H21BO3.C36H21BO2S/c1-3-14-30-26(10-1)27-12-6-11-25(36(27)40-30)24-9-5-8-22(20-24)23-18-19-32-29(21-23)37-28-13-2-4-15-31(28)38-33-16-7-17-34(39-32)35(33)37;1-3-11-30-26(9-1)27-20-24(15-17-31(27)38-30)22-7-5-8-23(19-22)25-16-18-33-29(21-25)37-28-10-2-4-12-32(28)39-34-13-6-14-35(40-33)36(34)37;1-4-17-34-26(10-1)27-12-6-11-25(36(27)40-34)24-9-5-8-22(20-24)23-18-19-31-29(21-23)37-28-13-2-3-14-30(28)38-32-15-7-16-33(39-31)35(32)37/h3*1-21H. The summed E-state index contributed by atoms with van der Waals surface area (Å²) in [6.45, 7) is 0.169. The fourth-order valence-corrected chi connectivity index (χ4v) is 20.4. The fraction of sp³-hybridized carbons (Fsp3) is 0. The maximum Gasteiger partial charge on any atom is 0.260 e. The van der Waals surface area contributed by atoms with Crippen LogP contribution in [0.1, 0.15) is 0 Å². The van der Waals surface area contributed by atoms with Crippen molar-refractivity contribution in [1.29, 1.82) is 0 Å². The molecule has 0 N–H and O–H groups in total. The molecule has 0 amide bonds. The summed E-state index contributed by atoms with van der Waals surface area (Å²) in [7, 11) is 0. The van der Waals surface area contributed by atoms with E-state index in [0.29, 0.717) is 0 Å². The molecule has 0 saturated heterocycles. The number of hydrogen-bond donors (Lipinski definition) is 0. The quantitative estimate of drug-likeness (QED) is 0.152. The van der Waals surface area contributed by atoms with Crippen LogP contribution in [0, 0.1) is 0 Å². The van der Waals surface area contributed by atoms with E-state index in [1.165, 1.54) is 69.9 Å². The number of rotatable bonds is 6. The molecule has 27 rings (SSSR count). The monoisotopic (exact) mass is 1550 g/mol. The minimum absolute atomic E-state index is 0.0485. The van der Waals surface area contributed by atoms with Crippen LogP contribution in [0.15, 0.2) is 391 Å². The molecule has 0 radical (unpaired) electrons. The Morgan fingerprint density at radius 3 is 0.992 bits per heavy atom. The highest BCUT2D eigenvalue weighted by molar-refractivity contribution is 7.26. The average Bonchev–Trinajstić information content (AvgIpc) is 1.14. The maximum absolute atomic E-state index is 6.42. The largest absolute Gasteiger partial charge is 0.458 e. The van der Waals surface area contributed by atoms with E-state index < -0.39 is 0 Å². The van der Waals surface area contributed by atoms with E-state index in [9.17, 15) is 0 Å². The third-order valence-corrected chi connectivity index (χ3v) is 25.9. The number of fused-ring (bicyclic) bond motifs is 21. The second-order valence-electron chi connectivity index (χ2n) is 31.4. The van der Waals surface area contributed by atoms with Gasteiger partial charge in [-0.15, -0.1) is 11.3 Å². The lowest BCUT2D eigenvalue weighted by Crippen LogP contribution is -2.57. The van der Waals surface area contributed by atoms with Crippen molar-refractivity contribution in [3.63, 3.8) is 0 Å². The van der Waals surface area contributed by atoms with Gasteiger partial charge in [-0.3, -0.25) is 0 Å². The molecule has 0 fully saturated rings. The molecule has 0 saturated carbocycles. The van der Waals surface area contributed by atoms with Crippen molar-refractivity contribution in [3.8, 4) is 136 Å². The zero-order valence-electron chi connectivity index (χ0n) is 64.3. The summed E-state index contributed by atoms with van der Waals surface area (Å²) < 4.78 is 53.2. The molecule has 120 heavy (non-hydrogen) atoms. The zero-order chi connectivity index (χ0) is 78.6. The van der Waals surface area contributed by atoms with E-state index in [0.717, 1.165) is 179 Å². The molecule has 21 aromatic rings. The van der Waals surface area contributed by atoms with Crippen LogP contribution in [0.3, 0.4) is 0 Å². The van der Waals surface area contributed by atoms with E-state index in [1.54, 1.807) is 0 Å². The second-order valence-corrected chi connectivity index (χ2v) is 32.5. The van der Waals surface area contributed by atoms with Gasteiger partial charge in [0.15, 0.2) is 0 Å². The van der Waals surface area contributed by atoms with Crippen LogP contribution in [-0.2, 0) is 0 Å². The van der Waals surface area contributed by atoms with Crippen LogP contribution in [0.2, 0.25) is 0 Å². The summed E-state index contributed by atoms with van der Waals surface area (Å²) in [4.78, 5) is 0. The van der Waals surface area contributed by atoms with Gasteiger partial charge >= 0.3 is 0 Å². The highest BCUT2D eigenvalue weighted by Gasteiger charge is 2.43. The zero-order valence-corrected chi connectivity index (χ0v) is 65.1. The van der Waals surface area contributed by atoms with E-state index in [4.69, 9.17) is 37.3 Å². The number of ether oxygens (including phenoxy) is 6. The number of hydrogen-bond acceptors (Lipinski definition) is 9. The molecule has 6 aliphatic rings. The first-order valence-corrected chi connectivity index (χ1v) is 41.4. The normalized spacial score (nSPS) is 12.8. The Labute approximate surface area is 695 Å². The fourth-order valence-electron chi connectivity index (χ4n) is 19.1. The van der Waals surface area contributed by atoms with Crippen molar-refractivity contribution in [1.82, 2.24) is 0 Å². The summed E-state index contributed by atoms with van der Waals surface area (Å²) in [6, 6.07) is 134. The molecular weight excluding hydrogens is 1490 g/mol. The number of para-hydroxylation sites is 6. The molecule has 558 valence electrons. The molecule has 3 aromatic heterocycles. The van der Waals surface area contributed by atoms with Gasteiger partial charge in [0.2, 0.25) is 0 Å². The second kappa shape index (κ2) is 27.2. The van der Waals surface area contributed by atoms with Crippen molar-refractivity contribution in [2.45, 2.75) is 0 Å². The van der Waals surface area contributed by atoms with Crippen LogP contribution in [-0.4, -0.2) is 20.1 Å². The lowest BCUT2D eigenvalue weighted by molar-refractivity contribution is 0.464. The topological polar surface area (TPSA) is 81.7 Å². The molecule has 9 heterocycles. The van der Waals surface area contributed by atoms with Gasteiger partial charge in [0.25, 0.3) is 20.1 Å². The molecule has 0 unspecified atom stereocenters. The van der Waals surface area contributed by atoms with Crippen LogP contribution in [0.25, 0.3) is 131 Å². The molecule has 0 atom stereocenters. The summed E-state index contributed by atoms with van der Waals surface area (Å²) in [5.74, 6) is 10.6. The van der Waals surface area contributed by atoms with Crippen LogP contribution in [0.4, 0.5) is 0 Å². The van der Waals surface area contributed by atoms with E-state index >= 15 is 0 Å². The number of benzene rings is 18. The van der Waals surface area contributed by atoms with Crippen molar-refractivity contribution >= 4 is 145 Å². The van der Waals surface area contributed by atoms with Crippen molar-refractivity contribution < 1.29 is 37.3 Å². The first-order valence-electron chi connectivity index (χ1n) is 40.6. The average molecular weight is 1550 g/mol. The highest BCUT2D eigenvalue weighted by atomic mass is 32.1. The SMILES string of the molecule is c1cc(-c2ccc3c(c2)B2c4ccccc4Oc4cccc(c42)O3)cc(-c2ccc3oc4ccccc4c3c2)c1.c1cc(-c2ccc3c(c2)B2c4ccccc4Oc4cccc(c42)O3)cc(-c2cccc3c2oc2ccccc23)c1.c1cc(-c2ccc3c(c2)B2c4ccccc4Oc4cccc(c42)O3)cc(-c2cccc3c2sc2ccccc23)c1. The van der Waals surface area contributed by atoms with Crippen LogP contribution >= 0.6 is 11.3 Å². The minimum atomic E-state index is 0.0485. The molecule has 0 aliphatic carbocycles.